The van der Waals surface area contributed by atoms with E-state index in [2.05, 4.69) is 19.2 Å². The minimum absolute atomic E-state index is 0.175. The molecule has 3 nitrogen and oxygen atoms in total. The van der Waals surface area contributed by atoms with E-state index in [1.807, 2.05) is 0 Å². The zero-order valence-corrected chi connectivity index (χ0v) is 12.7. The summed E-state index contributed by atoms with van der Waals surface area (Å²) < 4.78 is 31.7. The molecular weight excluding hydrogens is 276 g/mol. The quantitative estimate of drug-likeness (QED) is 0.653. The minimum Gasteiger partial charge on any atom is -0.389 e. The van der Waals surface area contributed by atoms with Crippen LogP contribution in [0, 0.1) is 17.6 Å². The van der Waals surface area contributed by atoms with Crippen LogP contribution in [0.5, 0.6) is 0 Å². The van der Waals surface area contributed by atoms with Gasteiger partial charge in [0.1, 0.15) is 11.6 Å². The second-order valence-corrected chi connectivity index (χ2v) is 5.63. The first-order valence-corrected chi connectivity index (χ1v) is 7.39. The van der Waals surface area contributed by atoms with E-state index >= 15 is 0 Å². The van der Waals surface area contributed by atoms with Crippen molar-refractivity contribution in [3.05, 3.63) is 35.4 Å². The van der Waals surface area contributed by atoms with Crippen molar-refractivity contribution in [2.24, 2.45) is 5.92 Å². The van der Waals surface area contributed by atoms with Crippen LogP contribution in [-0.4, -0.2) is 31.0 Å². The van der Waals surface area contributed by atoms with Crippen molar-refractivity contribution in [1.29, 1.82) is 0 Å². The molecule has 0 saturated carbocycles. The summed E-state index contributed by atoms with van der Waals surface area (Å²) in [5.41, 5.74) is 0.250. The fourth-order valence-corrected chi connectivity index (χ4v) is 1.92. The summed E-state index contributed by atoms with van der Waals surface area (Å²) in [5.74, 6) is -0.271. The van der Waals surface area contributed by atoms with E-state index in [0.717, 1.165) is 31.0 Å². The first kappa shape index (κ1) is 18.0. The van der Waals surface area contributed by atoms with Crippen LogP contribution in [0.3, 0.4) is 0 Å². The Morgan fingerprint density at radius 1 is 1.29 bits per heavy atom. The Balaban J connectivity index is 2.13. The summed E-state index contributed by atoms with van der Waals surface area (Å²) in [4.78, 5) is 0. The van der Waals surface area contributed by atoms with Gasteiger partial charge < -0.3 is 15.2 Å². The maximum absolute atomic E-state index is 13.4. The van der Waals surface area contributed by atoms with Crippen molar-refractivity contribution in [3.8, 4) is 0 Å². The number of ether oxygens (including phenoxy) is 1. The number of aliphatic hydroxyl groups excluding tert-OH is 1. The summed E-state index contributed by atoms with van der Waals surface area (Å²) in [6.07, 6.45) is 1.43. The maximum atomic E-state index is 13.4. The highest BCUT2D eigenvalue weighted by Gasteiger charge is 2.07. The van der Waals surface area contributed by atoms with Gasteiger partial charge in [-0.25, -0.2) is 8.78 Å². The molecule has 0 saturated heterocycles. The van der Waals surface area contributed by atoms with Gasteiger partial charge in [-0.2, -0.15) is 0 Å². The zero-order chi connectivity index (χ0) is 15.7. The third-order valence-electron chi connectivity index (χ3n) is 3.08. The Kier molecular flexibility index (Phi) is 8.42. The predicted molar refractivity (Wildman–Crippen MR) is 79.0 cm³/mol. The third-order valence-corrected chi connectivity index (χ3v) is 3.08. The Hall–Kier alpha value is -1.04. The fourth-order valence-electron chi connectivity index (χ4n) is 1.92. The smallest absolute Gasteiger partial charge is 0.127 e. The number of hydrogen-bond donors (Lipinski definition) is 2. The molecule has 2 N–H and O–H groups in total. The molecule has 0 bridgehead atoms. The Morgan fingerprint density at radius 3 is 2.76 bits per heavy atom. The van der Waals surface area contributed by atoms with E-state index in [0.29, 0.717) is 12.5 Å². The molecule has 1 unspecified atom stereocenters. The van der Waals surface area contributed by atoms with Gasteiger partial charge in [0.05, 0.1) is 12.7 Å². The van der Waals surface area contributed by atoms with Crippen LogP contribution in [0.15, 0.2) is 18.2 Å². The van der Waals surface area contributed by atoms with E-state index in [4.69, 9.17) is 4.74 Å². The molecule has 0 aliphatic carbocycles. The van der Waals surface area contributed by atoms with Crippen molar-refractivity contribution < 1.29 is 18.6 Å². The highest BCUT2D eigenvalue weighted by Crippen LogP contribution is 2.09. The third kappa shape index (κ3) is 8.09. The van der Waals surface area contributed by atoms with Gasteiger partial charge in [0.25, 0.3) is 0 Å². The molecule has 0 radical (unpaired) electrons. The van der Waals surface area contributed by atoms with E-state index in [1.54, 1.807) is 0 Å². The van der Waals surface area contributed by atoms with Gasteiger partial charge in [0.15, 0.2) is 0 Å². The Bertz CT molecular complexity index is 413. The first-order chi connectivity index (χ1) is 9.99. The van der Waals surface area contributed by atoms with Gasteiger partial charge in [-0.15, -0.1) is 0 Å². The van der Waals surface area contributed by atoms with Crippen LogP contribution in [0.1, 0.15) is 32.3 Å². The normalized spacial score (nSPS) is 12.9. The van der Waals surface area contributed by atoms with Crippen molar-refractivity contribution in [2.45, 2.75) is 39.3 Å². The largest absolute Gasteiger partial charge is 0.389 e. The van der Waals surface area contributed by atoms with Crippen molar-refractivity contribution >= 4 is 0 Å². The fraction of sp³-hybridized carbons (Fsp3) is 0.625. The lowest BCUT2D eigenvalue weighted by atomic mass is 10.1. The molecule has 0 fully saturated rings. The summed E-state index contributed by atoms with van der Waals surface area (Å²) in [6, 6.07) is 3.33. The minimum atomic E-state index is -0.652. The van der Waals surface area contributed by atoms with Crippen molar-refractivity contribution in [3.63, 3.8) is 0 Å². The number of aliphatic hydroxyl groups is 1. The molecule has 1 rings (SSSR count). The number of nitrogens with one attached hydrogen (secondary N) is 1. The standard InChI is InChI=1S/C16H25F2NO2/c1-12(2)4-3-7-21-11-15(20)10-19-9-13-8-14(17)5-6-16(13)18/h5-6,8,12,15,19-20H,3-4,7,9-11H2,1-2H3. The van der Waals surface area contributed by atoms with Crippen molar-refractivity contribution in [2.75, 3.05) is 19.8 Å². The molecule has 1 atom stereocenters. The van der Waals surface area contributed by atoms with Gasteiger partial charge >= 0.3 is 0 Å². The van der Waals surface area contributed by atoms with E-state index in [-0.39, 0.29) is 25.3 Å². The second kappa shape index (κ2) is 9.82. The lowest BCUT2D eigenvalue weighted by Gasteiger charge is -2.13. The highest BCUT2D eigenvalue weighted by atomic mass is 19.1. The monoisotopic (exact) mass is 301 g/mol. The molecule has 120 valence electrons. The van der Waals surface area contributed by atoms with Gasteiger partial charge in [0, 0.05) is 25.3 Å². The first-order valence-electron chi connectivity index (χ1n) is 7.39. The summed E-state index contributed by atoms with van der Waals surface area (Å²) >= 11 is 0. The molecule has 0 aromatic heterocycles. The molecule has 1 aromatic rings. The van der Waals surface area contributed by atoms with Crippen LogP contribution in [0.4, 0.5) is 8.78 Å². The van der Waals surface area contributed by atoms with Crippen LogP contribution < -0.4 is 5.32 Å². The van der Waals surface area contributed by atoms with Gasteiger partial charge in [-0.05, 0) is 37.0 Å². The van der Waals surface area contributed by atoms with Crippen LogP contribution in [0.2, 0.25) is 0 Å². The Labute approximate surface area is 125 Å². The average Bonchev–Trinajstić information content (AvgIpc) is 2.42. The Morgan fingerprint density at radius 2 is 2.05 bits per heavy atom. The van der Waals surface area contributed by atoms with Gasteiger partial charge in [-0.3, -0.25) is 0 Å². The lowest BCUT2D eigenvalue weighted by molar-refractivity contribution is 0.0346. The molecule has 0 amide bonds. The van der Waals surface area contributed by atoms with E-state index < -0.39 is 17.7 Å². The maximum Gasteiger partial charge on any atom is 0.127 e. The molecule has 0 heterocycles. The topological polar surface area (TPSA) is 41.5 Å². The molecule has 0 aliphatic rings. The molecule has 1 aromatic carbocycles. The van der Waals surface area contributed by atoms with Gasteiger partial charge in [-0.1, -0.05) is 13.8 Å². The lowest BCUT2D eigenvalue weighted by Crippen LogP contribution is -2.30. The van der Waals surface area contributed by atoms with E-state index in [1.165, 1.54) is 0 Å². The predicted octanol–water partition coefficient (Wildman–Crippen LogP) is 2.87. The summed E-state index contributed by atoms with van der Waals surface area (Å²) in [6.45, 7) is 5.65. The average molecular weight is 301 g/mol. The highest BCUT2D eigenvalue weighted by molar-refractivity contribution is 5.18. The van der Waals surface area contributed by atoms with Crippen LogP contribution in [-0.2, 0) is 11.3 Å². The second-order valence-electron chi connectivity index (χ2n) is 5.63. The SMILES string of the molecule is CC(C)CCCOCC(O)CNCc1cc(F)ccc1F. The molecule has 5 heteroatoms. The van der Waals surface area contributed by atoms with Gasteiger partial charge in [0.2, 0.25) is 0 Å². The van der Waals surface area contributed by atoms with E-state index in [9.17, 15) is 13.9 Å². The molecular formula is C16H25F2NO2. The van der Waals surface area contributed by atoms with Crippen molar-refractivity contribution in [1.82, 2.24) is 5.32 Å². The number of halogens is 2. The number of hydrogen-bond acceptors (Lipinski definition) is 3. The summed E-state index contributed by atoms with van der Waals surface area (Å²) in [5, 5.41) is 12.6. The van der Waals surface area contributed by atoms with Crippen LogP contribution >= 0.6 is 0 Å². The molecule has 0 aliphatic heterocycles. The number of rotatable bonds is 10. The molecule has 0 spiro atoms. The molecule has 21 heavy (non-hydrogen) atoms. The van der Waals surface area contributed by atoms with Crippen LogP contribution in [0.25, 0.3) is 0 Å². The summed E-state index contributed by atoms with van der Waals surface area (Å²) in [7, 11) is 0. The zero-order valence-electron chi connectivity index (χ0n) is 12.7. The number of benzene rings is 1.